The van der Waals surface area contributed by atoms with Crippen molar-refractivity contribution in [2.75, 3.05) is 19.6 Å². The normalized spacial score (nSPS) is 38.5. The Kier molecular flexibility index (Phi) is 6.07. The number of likely N-dealkylation sites (tertiary alicyclic amines) is 1. The predicted molar refractivity (Wildman–Crippen MR) is 122 cm³/mol. The van der Waals surface area contributed by atoms with Crippen molar-refractivity contribution >= 4 is 0 Å². The molecule has 0 amide bonds. The Balaban J connectivity index is 1.33. The minimum Gasteiger partial charge on any atom is -0.508 e. The van der Waals surface area contributed by atoms with Gasteiger partial charge in [0.1, 0.15) is 11.9 Å². The summed E-state index contributed by atoms with van der Waals surface area (Å²) in [6.45, 7) is 5.71. The highest BCUT2D eigenvalue weighted by molar-refractivity contribution is 5.40. The lowest BCUT2D eigenvalue weighted by atomic mass is 9.52. The largest absolute Gasteiger partial charge is 0.508 e. The van der Waals surface area contributed by atoms with Crippen LogP contribution in [0.1, 0.15) is 81.8 Å². The molecular formula is C27H40FNO2. The third-order valence-corrected chi connectivity index (χ3v) is 9.58. The van der Waals surface area contributed by atoms with Crippen LogP contribution in [-0.4, -0.2) is 47.0 Å². The minimum atomic E-state index is -0.744. The van der Waals surface area contributed by atoms with Gasteiger partial charge >= 0.3 is 0 Å². The van der Waals surface area contributed by atoms with Crippen LogP contribution in [0, 0.1) is 23.2 Å². The number of nitrogens with zero attached hydrogens (tertiary/aromatic N) is 1. The van der Waals surface area contributed by atoms with Crippen molar-refractivity contribution in [3.05, 3.63) is 29.3 Å². The smallest absolute Gasteiger partial charge is 0.115 e. The standard InChI is InChI=1S/C27H40FNO2/c1-27-11-10-23-22-7-6-21(30)17-18(22)15-19(26(23)24(27)8-9-25(27)31)16-20(28)5-4-14-29-12-2-3-13-29/h6-7,17,19-20,23-26,30-31H,2-5,8-16H2,1H3/t19-,20?,23+,24-,25-,26+,27-/m0/s1. The highest BCUT2D eigenvalue weighted by atomic mass is 19.1. The quantitative estimate of drug-likeness (QED) is 0.633. The second kappa shape index (κ2) is 8.67. The van der Waals surface area contributed by atoms with Crippen LogP contribution in [0.4, 0.5) is 4.39 Å². The predicted octanol–water partition coefficient (Wildman–Crippen LogP) is 5.44. The van der Waals surface area contributed by atoms with E-state index in [0.29, 0.717) is 42.3 Å². The van der Waals surface area contributed by atoms with Gasteiger partial charge in [0.05, 0.1) is 6.10 Å². The van der Waals surface area contributed by atoms with Crippen LogP contribution in [0.5, 0.6) is 5.75 Å². The summed E-state index contributed by atoms with van der Waals surface area (Å²) in [4.78, 5) is 2.48. The van der Waals surface area contributed by atoms with Crippen LogP contribution in [0.2, 0.25) is 0 Å². The topological polar surface area (TPSA) is 43.7 Å². The molecule has 5 rings (SSSR count). The average molecular weight is 430 g/mol. The number of alkyl halides is 1. The number of phenols is 1. The van der Waals surface area contributed by atoms with E-state index in [1.807, 2.05) is 12.1 Å². The van der Waals surface area contributed by atoms with E-state index in [1.54, 1.807) is 0 Å². The summed E-state index contributed by atoms with van der Waals surface area (Å²) in [5.74, 6) is 2.05. The third kappa shape index (κ3) is 4.04. The van der Waals surface area contributed by atoms with Gasteiger partial charge in [-0.3, -0.25) is 0 Å². The first-order chi connectivity index (χ1) is 15.0. The molecule has 2 saturated carbocycles. The molecule has 0 bridgehead atoms. The van der Waals surface area contributed by atoms with E-state index in [0.717, 1.165) is 45.1 Å². The zero-order valence-corrected chi connectivity index (χ0v) is 19.1. The molecule has 1 heterocycles. The van der Waals surface area contributed by atoms with Crippen molar-refractivity contribution < 1.29 is 14.6 Å². The van der Waals surface area contributed by atoms with E-state index in [2.05, 4.69) is 17.9 Å². The third-order valence-electron chi connectivity index (χ3n) is 9.58. The lowest BCUT2D eigenvalue weighted by Gasteiger charge is -2.53. The van der Waals surface area contributed by atoms with Crippen LogP contribution in [-0.2, 0) is 6.42 Å². The Labute approximate surface area is 187 Å². The van der Waals surface area contributed by atoms with Gasteiger partial charge in [-0.25, -0.2) is 4.39 Å². The first kappa shape index (κ1) is 21.7. The van der Waals surface area contributed by atoms with Gasteiger partial charge in [0.15, 0.2) is 0 Å². The molecule has 3 aliphatic carbocycles. The van der Waals surface area contributed by atoms with Crippen LogP contribution < -0.4 is 0 Å². The number of halogens is 1. The van der Waals surface area contributed by atoms with Gasteiger partial charge in [0.2, 0.25) is 0 Å². The molecular weight excluding hydrogens is 389 g/mol. The van der Waals surface area contributed by atoms with E-state index in [-0.39, 0.29) is 11.5 Å². The number of hydrogen-bond donors (Lipinski definition) is 2. The summed E-state index contributed by atoms with van der Waals surface area (Å²) in [7, 11) is 0. The van der Waals surface area contributed by atoms with Gasteiger partial charge in [-0.2, -0.15) is 0 Å². The number of fused-ring (bicyclic) bond motifs is 5. The first-order valence-corrected chi connectivity index (χ1v) is 12.8. The van der Waals surface area contributed by atoms with Gasteiger partial charge in [-0.15, -0.1) is 0 Å². The molecule has 3 fully saturated rings. The Bertz CT molecular complexity index is 778. The Morgan fingerprint density at radius 1 is 1.19 bits per heavy atom. The molecule has 0 aromatic heterocycles. The van der Waals surface area contributed by atoms with Crippen molar-refractivity contribution in [1.29, 1.82) is 0 Å². The number of rotatable bonds is 6. The minimum absolute atomic E-state index is 0.00456. The second-order valence-corrected chi connectivity index (χ2v) is 11.3. The first-order valence-electron chi connectivity index (χ1n) is 12.8. The summed E-state index contributed by atoms with van der Waals surface area (Å²) in [6, 6.07) is 5.87. The molecule has 4 aliphatic rings. The zero-order valence-electron chi connectivity index (χ0n) is 19.1. The van der Waals surface area contributed by atoms with Crippen molar-refractivity contribution in [2.24, 2.45) is 23.2 Å². The lowest BCUT2D eigenvalue weighted by molar-refractivity contribution is -0.0424. The lowest BCUT2D eigenvalue weighted by Crippen LogP contribution is -2.47. The molecule has 172 valence electrons. The van der Waals surface area contributed by atoms with Gasteiger partial charge in [-0.1, -0.05) is 13.0 Å². The van der Waals surface area contributed by atoms with Crippen molar-refractivity contribution in [2.45, 2.75) is 89.3 Å². The number of aliphatic hydroxyl groups excluding tert-OH is 1. The Morgan fingerprint density at radius 3 is 2.81 bits per heavy atom. The summed E-state index contributed by atoms with van der Waals surface area (Å²) in [5.41, 5.74) is 2.61. The van der Waals surface area contributed by atoms with E-state index in [9.17, 15) is 10.2 Å². The summed E-state index contributed by atoms with van der Waals surface area (Å²) in [5, 5.41) is 20.9. The molecule has 7 atom stereocenters. The molecule has 0 radical (unpaired) electrons. The van der Waals surface area contributed by atoms with Crippen LogP contribution in [0.25, 0.3) is 0 Å². The number of aromatic hydroxyl groups is 1. The average Bonchev–Trinajstić information content (AvgIpc) is 3.36. The van der Waals surface area contributed by atoms with Crippen LogP contribution in [0.15, 0.2) is 18.2 Å². The fraction of sp³-hybridized carbons (Fsp3) is 0.778. The van der Waals surface area contributed by atoms with Crippen LogP contribution in [0.3, 0.4) is 0 Å². The van der Waals surface area contributed by atoms with Gasteiger partial charge < -0.3 is 15.1 Å². The molecule has 4 heteroatoms. The molecule has 1 aromatic rings. The molecule has 1 unspecified atom stereocenters. The molecule has 1 aromatic carbocycles. The summed E-state index contributed by atoms with van der Waals surface area (Å²) in [6.07, 6.45) is 8.89. The zero-order chi connectivity index (χ0) is 21.6. The molecule has 2 N–H and O–H groups in total. The molecule has 1 aliphatic heterocycles. The summed E-state index contributed by atoms with van der Waals surface area (Å²) < 4.78 is 15.3. The number of hydrogen-bond acceptors (Lipinski definition) is 3. The highest BCUT2D eigenvalue weighted by Crippen LogP contribution is 2.62. The maximum atomic E-state index is 15.3. The second-order valence-electron chi connectivity index (χ2n) is 11.3. The van der Waals surface area contributed by atoms with Crippen molar-refractivity contribution in [3.8, 4) is 5.75 Å². The molecule has 31 heavy (non-hydrogen) atoms. The number of aliphatic hydroxyl groups is 1. The van der Waals surface area contributed by atoms with Crippen molar-refractivity contribution in [1.82, 2.24) is 4.90 Å². The van der Waals surface area contributed by atoms with Crippen LogP contribution >= 0.6 is 0 Å². The maximum absolute atomic E-state index is 15.3. The van der Waals surface area contributed by atoms with E-state index >= 15 is 4.39 Å². The monoisotopic (exact) mass is 429 g/mol. The van der Waals surface area contributed by atoms with Gasteiger partial charge in [0.25, 0.3) is 0 Å². The molecule has 0 spiro atoms. The van der Waals surface area contributed by atoms with Crippen molar-refractivity contribution in [3.63, 3.8) is 0 Å². The fourth-order valence-corrected chi connectivity index (χ4v) is 7.97. The maximum Gasteiger partial charge on any atom is 0.115 e. The SMILES string of the molecule is C[C@]12CC[C@@H]3c4ccc(O)cc4C[C@@H](CC(F)CCCN4CCCC4)[C@H]3[C@@H]1CC[C@@H]2O. The van der Waals surface area contributed by atoms with E-state index in [1.165, 1.54) is 37.1 Å². The summed E-state index contributed by atoms with van der Waals surface area (Å²) >= 11 is 0. The fourth-order valence-electron chi connectivity index (χ4n) is 7.97. The molecule has 1 saturated heterocycles. The Hall–Kier alpha value is -1.13. The molecule has 3 nitrogen and oxygen atoms in total. The van der Waals surface area contributed by atoms with E-state index < -0.39 is 6.17 Å². The van der Waals surface area contributed by atoms with Gasteiger partial charge in [0, 0.05) is 0 Å². The number of benzene rings is 1. The van der Waals surface area contributed by atoms with Gasteiger partial charge in [-0.05, 0) is 136 Å². The Morgan fingerprint density at radius 2 is 2.00 bits per heavy atom. The highest BCUT2D eigenvalue weighted by Gasteiger charge is 2.56. The number of phenolic OH excluding ortho intramolecular Hbond substituents is 1. The van der Waals surface area contributed by atoms with E-state index in [4.69, 9.17) is 0 Å².